The molecule has 1 aliphatic heterocycles. The van der Waals surface area contributed by atoms with Gasteiger partial charge in [-0.25, -0.2) is 4.39 Å². The Labute approximate surface area is 135 Å². The third kappa shape index (κ3) is 3.32. The Balaban J connectivity index is 1.66. The van der Waals surface area contributed by atoms with Crippen molar-refractivity contribution in [3.05, 3.63) is 34.1 Å². The lowest BCUT2D eigenvalue weighted by Crippen LogP contribution is -2.46. The van der Waals surface area contributed by atoms with Gasteiger partial charge in [0.2, 0.25) is 0 Å². The third-order valence-corrected chi connectivity index (χ3v) is 5.46. The highest BCUT2D eigenvalue weighted by molar-refractivity contribution is 5.52. The summed E-state index contributed by atoms with van der Waals surface area (Å²) in [6.45, 7) is 1.36. The quantitative estimate of drug-likeness (QED) is 0.681. The van der Waals surface area contributed by atoms with Crippen LogP contribution in [0, 0.1) is 21.8 Å². The predicted octanol–water partition coefficient (Wildman–Crippen LogP) is 3.65. The van der Waals surface area contributed by atoms with Crippen LogP contribution in [0.4, 0.5) is 15.8 Å². The van der Waals surface area contributed by atoms with Crippen molar-refractivity contribution in [1.29, 1.82) is 0 Å². The fourth-order valence-electron chi connectivity index (χ4n) is 4.10. The van der Waals surface area contributed by atoms with E-state index in [1.54, 1.807) is 0 Å². The Morgan fingerprint density at radius 2 is 1.87 bits per heavy atom. The molecule has 0 bridgehead atoms. The minimum absolute atomic E-state index is 0.224. The van der Waals surface area contributed by atoms with Gasteiger partial charge in [-0.05, 0) is 37.7 Å². The van der Waals surface area contributed by atoms with Gasteiger partial charge in [-0.1, -0.05) is 19.3 Å². The average molecular weight is 322 g/mol. The molecule has 0 aromatic heterocycles. The summed E-state index contributed by atoms with van der Waals surface area (Å²) in [6.07, 6.45) is 6.82. The number of nitrogens with zero attached hydrogens (tertiary/aromatic N) is 2. The maximum absolute atomic E-state index is 14.1. The van der Waals surface area contributed by atoms with Crippen molar-refractivity contribution < 1.29 is 14.4 Å². The predicted molar refractivity (Wildman–Crippen MR) is 86.0 cm³/mol. The summed E-state index contributed by atoms with van der Waals surface area (Å²) in [5.74, 6) is -0.269. The van der Waals surface area contributed by atoms with Gasteiger partial charge < -0.3 is 10.0 Å². The largest absolute Gasteiger partial charge is 0.390 e. The summed E-state index contributed by atoms with van der Waals surface area (Å²) >= 11 is 0. The van der Waals surface area contributed by atoms with Gasteiger partial charge in [-0.3, -0.25) is 10.1 Å². The lowest BCUT2D eigenvalue weighted by Gasteiger charge is -2.44. The first-order valence-electron chi connectivity index (χ1n) is 8.41. The number of rotatable bonds is 3. The van der Waals surface area contributed by atoms with Crippen molar-refractivity contribution in [3.63, 3.8) is 0 Å². The van der Waals surface area contributed by atoms with E-state index < -0.39 is 16.3 Å². The zero-order valence-electron chi connectivity index (χ0n) is 13.2. The van der Waals surface area contributed by atoms with Crippen molar-refractivity contribution in [2.24, 2.45) is 5.92 Å². The number of aliphatic hydroxyl groups is 1. The van der Waals surface area contributed by atoms with E-state index in [9.17, 15) is 19.6 Å². The molecule has 1 aromatic carbocycles. The van der Waals surface area contributed by atoms with Crippen LogP contribution in [0.5, 0.6) is 0 Å². The van der Waals surface area contributed by atoms with Crippen LogP contribution in [0.15, 0.2) is 18.2 Å². The monoisotopic (exact) mass is 322 g/mol. The van der Waals surface area contributed by atoms with Crippen molar-refractivity contribution in [3.8, 4) is 0 Å². The minimum Gasteiger partial charge on any atom is -0.390 e. The summed E-state index contributed by atoms with van der Waals surface area (Å²) in [5, 5.41) is 21.5. The molecule has 0 unspecified atom stereocenters. The molecular weight excluding hydrogens is 299 g/mol. The van der Waals surface area contributed by atoms with Gasteiger partial charge in [0, 0.05) is 19.2 Å². The third-order valence-electron chi connectivity index (χ3n) is 5.46. The van der Waals surface area contributed by atoms with Crippen LogP contribution < -0.4 is 4.90 Å². The smallest absolute Gasteiger partial charge is 0.272 e. The molecule has 1 aromatic rings. The number of hydrogen-bond acceptors (Lipinski definition) is 4. The number of anilines is 1. The molecule has 0 spiro atoms. The number of benzene rings is 1. The van der Waals surface area contributed by atoms with E-state index in [1.807, 2.05) is 4.90 Å². The number of hydrogen-bond donors (Lipinski definition) is 1. The number of nitro benzene ring substituents is 1. The molecule has 2 aliphatic rings. The van der Waals surface area contributed by atoms with Gasteiger partial charge in [0.25, 0.3) is 5.69 Å². The normalized spacial score (nSPS) is 22.1. The molecule has 1 saturated heterocycles. The van der Waals surface area contributed by atoms with Crippen molar-refractivity contribution in [1.82, 2.24) is 0 Å². The average Bonchev–Trinajstić information content (AvgIpc) is 2.55. The first kappa shape index (κ1) is 16.2. The Hall–Kier alpha value is -1.69. The molecule has 0 atom stereocenters. The molecule has 5 nitrogen and oxygen atoms in total. The van der Waals surface area contributed by atoms with E-state index in [0.717, 1.165) is 44.6 Å². The first-order valence-corrected chi connectivity index (χ1v) is 8.41. The van der Waals surface area contributed by atoms with Crippen LogP contribution in [0.25, 0.3) is 0 Å². The SMILES string of the molecule is O=[N+]([O-])c1ccc(N2CCC(C3(O)CCCCC3)CC2)c(F)c1. The molecule has 23 heavy (non-hydrogen) atoms. The summed E-state index contributed by atoms with van der Waals surface area (Å²) in [4.78, 5) is 12.0. The highest BCUT2D eigenvalue weighted by Gasteiger charge is 2.39. The van der Waals surface area contributed by atoms with E-state index in [2.05, 4.69) is 0 Å². The number of halogens is 1. The fraction of sp³-hybridized carbons (Fsp3) is 0.647. The Kier molecular flexibility index (Phi) is 4.53. The maximum Gasteiger partial charge on any atom is 0.272 e. The standard InChI is InChI=1S/C17H23FN2O3/c18-15-12-14(20(22)23)4-5-16(15)19-10-6-13(7-11-19)17(21)8-2-1-3-9-17/h4-5,12-13,21H,1-3,6-11H2. The van der Waals surface area contributed by atoms with Crippen molar-refractivity contribution in [2.75, 3.05) is 18.0 Å². The zero-order chi connectivity index (χ0) is 16.4. The molecule has 0 radical (unpaired) electrons. The topological polar surface area (TPSA) is 66.6 Å². The van der Waals surface area contributed by atoms with Crippen LogP contribution in [0.1, 0.15) is 44.9 Å². The molecule has 1 heterocycles. The summed E-state index contributed by atoms with van der Waals surface area (Å²) < 4.78 is 14.1. The van der Waals surface area contributed by atoms with Crippen LogP contribution in [0.3, 0.4) is 0 Å². The number of nitro groups is 1. The molecule has 6 heteroatoms. The van der Waals surface area contributed by atoms with Crippen LogP contribution in [0.2, 0.25) is 0 Å². The van der Waals surface area contributed by atoms with Gasteiger partial charge in [-0.15, -0.1) is 0 Å². The van der Waals surface area contributed by atoms with Gasteiger partial charge in [-0.2, -0.15) is 0 Å². The lowest BCUT2D eigenvalue weighted by atomic mass is 9.72. The second kappa shape index (κ2) is 6.43. The second-order valence-electron chi connectivity index (χ2n) is 6.82. The van der Waals surface area contributed by atoms with Crippen molar-refractivity contribution >= 4 is 11.4 Å². The molecule has 126 valence electrons. The molecular formula is C17H23FN2O3. The van der Waals surface area contributed by atoms with Crippen LogP contribution in [-0.4, -0.2) is 28.7 Å². The molecule has 1 saturated carbocycles. The Morgan fingerprint density at radius 3 is 2.43 bits per heavy atom. The summed E-state index contributed by atoms with van der Waals surface area (Å²) in [6, 6.07) is 3.82. The number of piperidine rings is 1. The van der Waals surface area contributed by atoms with E-state index in [-0.39, 0.29) is 11.6 Å². The lowest BCUT2D eigenvalue weighted by molar-refractivity contribution is -0.385. The molecule has 2 fully saturated rings. The van der Waals surface area contributed by atoms with Gasteiger partial charge in [0.05, 0.1) is 22.3 Å². The van der Waals surface area contributed by atoms with E-state index in [4.69, 9.17) is 0 Å². The summed E-state index contributed by atoms with van der Waals surface area (Å²) in [7, 11) is 0. The molecule has 3 rings (SSSR count). The van der Waals surface area contributed by atoms with Crippen LogP contribution >= 0.6 is 0 Å². The Morgan fingerprint density at radius 1 is 1.22 bits per heavy atom. The van der Waals surface area contributed by atoms with E-state index in [1.165, 1.54) is 18.6 Å². The van der Waals surface area contributed by atoms with Gasteiger partial charge >= 0.3 is 0 Å². The zero-order valence-corrected chi connectivity index (χ0v) is 13.2. The van der Waals surface area contributed by atoms with E-state index in [0.29, 0.717) is 18.8 Å². The maximum atomic E-state index is 14.1. The van der Waals surface area contributed by atoms with Gasteiger partial charge in [0.1, 0.15) is 0 Å². The minimum atomic E-state index is -0.586. The summed E-state index contributed by atoms with van der Waals surface area (Å²) in [5.41, 5.74) is -0.347. The first-order chi connectivity index (χ1) is 11.0. The van der Waals surface area contributed by atoms with Crippen LogP contribution in [-0.2, 0) is 0 Å². The highest BCUT2D eigenvalue weighted by Crippen LogP contribution is 2.40. The Bertz CT molecular complexity index is 579. The van der Waals surface area contributed by atoms with Crippen molar-refractivity contribution in [2.45, 2.75) is 50.5 Å². The fourth-order valence-corrected chi connectivity index (χ4v) is 4.10. The number of non-ortho nitro benzene ring substituents is 1. The second-order valence-corrected chi connectivity index (χ2v) is 6.82. The van der Waals surface area contributed by atoms with E-state index >= 15 is 0 Å². The molecule has 1 aliphatic carbocycles. The molecule has 1 N–H and O–H groups in total. The highest BCUT2D eigenvalue weighted by atomic mass is 19.1. The molecule has 0 amide bonds. The van der Waals surface area contributed by atoms with Gasteiger partial charge in [0.15, 0.2) is 5.82 Å².